The lowest BCUT2D eigenvalue weighted by molar-refractivity contribution is -0.134. The third-order valence-corrected chi connectivity index (χ3v) is 4.37. The molecule has 0 aliphatic carbocycles. The van der Waals surface area contributed by atoms with Crippen LogP contribution in [0.5, 0.6) is 11.5 Å². The zero-order valence-electron chi connectivity index (χ0n) is 16.9. The minimum atomic E-state index is -0.275. The van der Waals surface area contributed by atoms with Crippen molar-refractivity contribution in [1.29, 1.82) is 0 Å². The van der Waals surface area contributed by atoms with Gasteiger partial charge < -0.3 is 19.7 Å². The Morgan fingerprint density at radius 3 is 2.45 bits per heavy atom. The summed E-state index contributed by atoms with van der Waals surface area (Å²) in [5, 5.41) is 3.41. The Balaban J connectivity index is 1.71. The van der Waals surface area contributed by atoms with Crippen molar-refractivity contribution < 1.29 is 19.1 Å². The fourth-order valence-corrected chi connectivity index (χ4v) is 2.61. The van der Waals surface area contributed by atoms with E-state index in [-0.39, 0.29) is 24.9 Å². The third-order valence-electron chi connectivity index (χ3n) is 4.12. The van der Waals surface area contributed by atoms with Crippen molar-refractivity contribution in [3.05, 3.63) is 53.6 Å². The molecule has 8 heteroatoms. The van der Waals surface area contributed by atoms with Crippen LogP contribution in [-0.2, 0) is 9.59 Å². The molecule has 0 radical (unpaired) electrons. The average molecular weight is 420 g/mol. The molecule has 0 spiro atoms. The van der Waals surface area contributed by atoms with E-state index < -0.39 is 0 Å². The van der Waals surface area contributed by atoms with Gasteiger partial charge in [-0.1, -0.05) is 17.7 Å². The average Bonchev–Trinajstić information content (AvgIpc) is 2.69. The summed E-state index contributed by atoms with van der Waals surface area (Å²) in [4.78, 5) is 27.8. The van der Waals surface area contributed by atoms with E-state index in [1.54, 1.807) is 62.7 Å². The Bertz CT molecular complexity index is 814. The molecule has 0 atom stereocenters. The lowest BCUT2D eigenvalue weighted by Crippen LogP contribution is -2.41. The Morgan fingerprint density at radius 2 is 1.76 bits per heavy atom. The molecule has 0 aliphatic rings. The maximum absolute atomic E-state index is 12.3. The number of carbonyl (C=O) groups is 2. The molecule has 0 bridgehead atoms. The maximum Gasteiger partial charge on any atom is 0.243 e. The first kappa shape index (κ1) is 22.5. The van der Waals surface area contributed by atoms with Gasteiger partial charge in [0, 0.05) is 30.4 Å². The van der Waals surface area contributed by atoms with Crippen molar-refractivity contribution in [2.45, 2.75) is 0 Å². The van der Waals surface area contributed by atoms with Gasteiger partial charge in [0.25, 0.3) is 0 Å². The smallest absolute Gasteiger partial charge is 0.243 e. The van der Waals surface area contributed by atoms with Crippen LogP contribution in [0.3, 0.4) is 0 Å². The molecular formula is C21H26ClN3O4. The molecule has 0 heterocycles. The van der Waals surface area contributed by atoms with Crippen molar-refractivity contribution in [3.63, 3.8) is 0 Å². The molecule has 7 nitrogen and oxygen atoms in total. The highest BCUT2D eigenvalue weighted by Crippen LogP contribution is 2.17. The summed E-state index contributed by atoms with van der Waals surface area (Å²) in [6.07, 6.45) is 0. The van der Waals surface area contributed by atoms with Gasteiger partial charge in [-0.05, 0) is 43.4 Å². The summed E-state index contributed by atoms with van der Waals surface area (Å²) in [5.41, 5.74) is 0.617. The second kappa shape index (κ2) is 11.3. The second-order valence-electron chi connectivity index (χ2n) is 6.57. The first-order valence-corrected chi connectivity index (χ1v) is 9.50. The van der Waals surface area contributed by atoms with Crippen LogP contribution in [0.25, 0.3) is 0 Å². The van der Waals surface area contributed by atoms with Crippen LogP contribution < -0.4 is 14.8 Å². The summed E-state index contributed by atoms with van der Waals surface area (Å²) >= 11 is 5.84. The predicted molar refractivity (Wildman–Crippen MR) is 114 cm³/mol. The van der Waals surface area contributed by atoms with E-state index in [0.717, 1.165) is 5.75 Å². The van der Waals surface area contributed by atoms with E-state index in [9.17, 15) is 9.59 Å². The summed E-state index contributed by atoms with van der Waals surface area (Å²) in [7, 11) is 4.99. The molecule has 2 aromatic rings. The number of nitrogens with zero attached hydrogens (tertiary/aromatic N) is 2. The second-order valence-corrected chi connectivity index (χ2v) is 7.01. The molecule has 0 unspecified atom stereocenters. The van der Waals surface area contributed by atoms with Crippen LogP contribution in [-0.4, -0.2) is 69.1 Å². The number of halogens is 1. The molecular weight excluding hydrogens is 394 g/mol. The quantitative estimate of drug-likeness (QED) is 0.641. The van der Waals surface area contributed by atoms with Crippen LogP contribution in [0.4, 0.5) is 5.69 Å². The van der Waals surface area contributed by atoms with Gasteiger partial charge >= 0.3 is 0 Å². The van der Waals surface area contributed by atoms with Gasteiger partial charge in [0.15, 0.2) is 0 Å². The summed E-state index contributed by atoms with van der Waals surface area (Å²) in [6.45, 7) is 1.15. The number of anilines is 1. The molecule has 0 fully saturated rings. The third kappa shape index (κ3) is 8.01. The summed E-state index contributed by atoms with van der Waals surface area (Å²) < 4.78 is 10.8. The number of likely N-dealkylation sites (N-methyl/N-ethyl adjacent to an activating group) is 2. The Kier molecular flexibility index (Phi) is 8.76. The normalized spacial score (nSPS) is 10.5. The monoisotopic (exact) mass is 419 g/mol. The summed E-state index contributed by atoms with van der Waals surface area (Å²) in [5.74, 6) is 0.942. The number of hydrogen-bond acceptors (Lipinski definition) is 5. The molecule has 29 heavy (non-hydrogen) atoms. The standard InChI is InChI=1S/C21H26ClN3O4/c1-24(11-12-29-18-9-7-16(22)8-10-18)15-21(27)25(2)14-20(26)23-17-5-4-6-19(13-17)28-3/h4-10,13H,11-12,14-15H2,1-3H3,(H,23,26). The largest absolute Gasteiger partial charge is 0.497 e. The number of amides is 2. The summed E-state index contributed by atoms with van der Waals surface area (Å²) in [6, 6.07) is 14.2. The van der Waals surface area contributed by atoms with Crippen molar-refractivity contribution in [2.75, 3.05) is 52.8 Å². The van der Waals surface area contributed by atoms with Gasteiger partial charge in [-0.3, -0.25) is 14.5 Å². The van der Waals surface area contributed by atoms with E-state index >= 15 is 0 Å². The number of carbonyl (C=O) groups excluding carboxylic acids is 2. The topological polar surface area (TPSA) is 71.1 Å². The minimum Gasteiger partial charge on any atom is -0.497 e. The van der Waals surface area contributed by atoms with Gasteiger partial charge in [-0.15, -0.1) is 0 Å². The lowest BCUT2D eigenvalue weighted by atomic mass is 10.3. The number of methoxy groups -OCH3 is 1. The van der Waals surface area contributed by atoms with Crippen LogP contribution >= 0.6 is 11.6 Å². The van der Waals surface area contributed by atoms with Gasteiger partial charge in [0.2, 0.25) is 11.8 Å². The SMILES string of the molecule is COc1cccc(NC(=O)CN(C)C(=O)CN(C)CCOc2ccc(Cl)cc2)c1. The van der Waals surface area contributed by atoms with Crippen LogP contribution in [0.1, 0.15) is 0 Å². The van der Waals surface area contributed by atoms with Crippen molar-refractivity contribution in [2.24, 2.45) is 0 Å². The molecule has 0 aliphatic heterocycles. The van der Waals surface area contributed by atoms with Crippen LogP contribution in [0.2, 0.25) is 5.02 Å². The molecule has 2 rings (SSSR count). The number of benzene rings is 2. The minimum absolute atomic E-state index is 0.0365. The van der Waals surface area contributed by atoms with E-state index in [1.165, 1.54) is 4.90 Å². The molecule has 0 saturated carbocycles. The number of nitrogens with one attached hydrogen (secondary N) is 1. The van der Waals surface area contributed by atoms with E-state index in [1.807, 2.05) is 11.9 Å². The molecule has 1 N–H and O–H groups in total. The van der Waals surface area contributed by atoms with Gasteiger partial charge in [0.05, 0.1) is 20.2 Å². The van der Waals surface area contributed by atoms with Crippen molar-refractivity contribution in [1.82, 2.24) is 9.80 Å². The first-order valence-electron chi connectivity index (χ1n) is 9.12. The van der Waals surface area contributed by atoms with Crippen LogP contribution in [0, 0.1) is 0 Å². The fourth-order valence-electron chi connectivity index (χ4n) is 2.49. The first-order chi connectivity index (χ1) is 13.9. The number of rotatable bonds is 10. The zero-order chi connectivity index (χ0) is 21.2. The fraction of sp³-hybridized carbons (Fsp3) is 0.333. The van der Waals surface area contributed by atoms with Crippen LogP contribution in [0.15, 0.2) is 48.5 Å². The highest BCUT2D eigenvalue weighted by molar-refractivity contribution is 6.30. The highest BCUT2D eigenvalue weighted by atomic mass is 35.5. The highest BCUT2D eigenvalue weighted by Gasteiger charge is 2.15. The predicted octanol–water partition coefficient (Wildman–Crippen LogP) is 2.76. The van der Waals surface area contributed by atoms with E-state index in [0.29, 0.717) is 29.6 Å². The molecule has 156 valence electrons. The molecule has 0 aromatic heterocycles. The Hall–Kier alpha value is -2.77. The number of ether oxygens (including phenoxy) is 2. The lowest BCUT2D eigenvalue weighted by Gasteiger charge is -2.21. The maximum atomic E-state index is 12.3. The van der Waals surface area contributed by atoms with Crippen molar-refractivity contribution >= 4 is 29.1 Å². The van der Waals surface area contributed by atoms with Crippen molar-refractivity contribution in [3.8, 4) is 11.5 Å². The van der Waals surface area contributed by atoms with Gasteiger partial charge in [-0.2, -0.15) is 0 Å². The van der Waals surface area contributed by atoms with Gasteiger partial charge in [-0.25, -0.2) is 0 Å². The van der Waals surface area contributed by atoms with Gasteiger partial charge in [0.1, 0.15) is 18.1 Å². The van der Waals surface area contributed by atoms with E-state index in [4.69, 9.17) is 21.1 Å². The Morgan fingerprint density at radius 1 is 1.03 bits per heavy atom. The molecule has 0 saturated heterocycles. The molecule has 2 amide bonds. The molecule has 2 aromatic carbocycles. The number of hydrogen-bond donors (Lipinski definition) is 1. The Labute approximate surface area is 176 Å². The van der Waals surface area contributed by atoms with E-state index in [2.05, 4.69) is 5.32 Å². The zero-order valence-corrected chi connectivity index (χ0v) is 17.6.